The highest BCUT2D eigenvalue weighted by Gasteiger charge is 2.08. The van der Waals surface area contributed by atoms with E-state index in [1.54, 1.807) is 13.3 Å². The Morgan fingerprint density at radius 1 is 1.44 bits per heavy atom. The molecule has 0 aliphatic heterocycles. The summed E-state index contributed by atoms with van der Waals surface area (Å²) in [5.41, 5.74) is 0.911. The van der Waals surface area contributed by atoms with Crippen molar-refractivity contribution < 1.29 is 9.53 Å². The largest absolute Gasteiger partial charge is 0.481 e. The third kappa shape index (κ3) is 4.24. The van der Waals surface area contributed by atoms with Crippen molar-refractivity contribution in [3.8, 4) is 5.88 Å². The zero-order valence-electron chi connectivity index (χ0n) is 11.3. The highest BCUT2D eigenvalue weighted by atomic mass is 16.5. The molecule has 1 aromatic rings. The lowest BCUT2D eigenvalue weighted by atomic mass is 10.3. The van der Waals surface area contributed by atoms with E-state index in [9.17, 15) is 4.79 Å². The predicted octanol–water partition coefficient (Wildman–Crippen LogP) is 1.76. The summed E-state index contributed by atoms with van der Waals surface area (Å²) in [6, 6.07) is 3.66. The number of hydrogen-bond donors (Lipinski definition) is 1. The number of rotatable bonds is 7. The van der Waals surface area contributed by atoms with Gasteiger partial charge in [-0.25, -0.2) is 4.98 Å². The predicted molar refractivity (Wildman–Crippen MR) is 71.8 cm³/mol. The van der Waals surface area contributed by atoms with Crippen LogP contribution in [0.4, 0.5) is 5.69 Å². The lowest BCUT2D eigenvalue weighted by Gasteiger charge is -2.18. The first kappa shape index (κ1) is 14.3. The fraction of sp³-hybridized carbons (Fsp3) is 0.538. The second-order valence-corrected chi connectivity index (χ2v) is 3.83. The minimum absolute atomic E-state index is 0.175. The molecule has 0 saturated heterocycles. The number of anilines is 1. The van der Waals surface area contributed by atoms with Crippen molar-refractivity contribution in [2.24, 2.45) is 0 Å². The van der Waals surface area contributed by atoms with Gasteiger partial charge in [-0.3, -0.25) is 4.79 Å². The fourth-order valence-electron chi connectivity index (χ4n) is 1.68. The van der Waals surface area contributed by atoms with Gasteiger partial charge in [0.15, 0.2) is 0 Å². The quantitative estimate of drug-likeness (QED) is 0.802. The van der Waals surface area contributed by atoms with E-state index in [-0.39, 0.29) is 5.91 Å². The van der Waals surface area contributed by atoms with Gasteiger partial charge in [-0.05, 0) is 19.9 Å². The molecule has 1 heterocycles. The molecule has 5 heteroatoms. The number of methoxy groups -OCH3 is 1. The molecule has 18 heavy (non-hydrogen) atoms. The third-order valence-electron chi connectivity index (χ3n) is 2.73. The van der Waals surface area contributed by atoms with Crippen molar-refractivity contribution in [3.05, 3.63) is 18.3 Å². The molecule has 0 bridgehead atoms. The Balaban J connectivity index is 2.39. The van der Waals surface area contributed by atoms with E-state index in [1.165, 1.54) is 0 Å². The molecule has 1 N–H and O–H groups in total. The second kappa shape index (κ2) is 7.53. The van der Waals surface area contributed by atoms with Gasteiger partial charge in [-0.1, -0.05) is 0 Å². The Kier molecular flexibility index (Phi) is 5.97. The Bertz CT molecular complexity index is 378. The average molecular weight is 251 g/mol. The molecule has 0 aromatic carbocycles. The molecule has 0 atom stereocenters. The van der Waals surface area contributed by atoms with E-state index in [1.807, 2.05) is 30.9 Å². The molecule has 1 aromatic heterocycles. The Labute approximate surface area is 108 Å². The van der Waals surface area contributed by atoms with Gasteiger partial charge in [-0.2, -0.15) is 0 Å². The van der Waals surface area contributed by atoms with Crippen LogP contribution in [-0.2, 0) is 4.79 Å². The first-order valence-electron chi connectivity index (χ1n) is 6.23. The Morgan fingerprint density at radius 2 is 2.17 bits per heavy atom. The lowest BCUT2D eigenvalue weighted by Crippen LogP contribution is -2.31. The van der Waals surface area contributed by atoms with Gasteiger partial charge in [0.2, 0.25) is 11.8 Å². The summed E-state index contributed by atoms with van der Waals surface area (Å²) in [6.45, 7) is 6.12. The molecule has 1 rings (SSSR count). The number of carbonyl (C=O) groups is 1. The number of nitrogens with zero attached hydrogens (tertiary/aromatic N) is 2. The maximum absolute atomic E-state index is 11.8. The minimum atomic E-state index is 0.175. The van der Waals surface area contributed by atoms with Crippen LogP contribution >= 0.6 is 0 Å². The van der Waals surface area contributed by atoms with Crippen molar-refractivity contribution in [1.29, 1.82) is 0 Å². The fourth-order valence-corrected chi connectivity index (χ4v) is 1.68. The Hall–Kier alpha value is -1.78. The molecule has 0 fully saturated rings. The monoisotopic (exact) mass is 251 g/mol. The van der Waals surface area contributed by atoms with Crippen LogP contribution in [0.3, 0.4) is 0 Å². The molecule has 0 aliphatic rings. The number of nitrogens with one attached hydrogen (secondary N) is 1. The second-order valence-electron chi connectivity index (χ2n) is 3.83. The summed E-state index contributed by atoms with van der Waals surface area (Å²) in [6.07, 6.45) is 2.17. The van der Waals surface area contributed by atoms with Gasteiger partial charge in [0.1, 0.15) is 0 Å². The number of aromatic nitrogens is 1. The van der Waals surface area contributed by atoms with Crippen molar-refractivity contribution in [2.45, 2.75) is 20.3 Å². The first-order chi connectivity index (χ1) is 8.71. The highest BCUT2D eigenvalue weighted by Crippen LogP contribution is 2.13. The first-order valence-corrected chi connectivity index (χ1v) is 6.23. The molecule has 0 aliphatic carbocycles. The number of amides is 1. The molecule has 100 valence electrons. The van der Waals surface area contributed by atoms with E-state index < -0.39 is 0 Å². The lowest BCUT2D eigenvalue weighted by molar-refractivity contribution is -0.130. The van der Waals surface area contributed by atoms with E-state index in [0.717, 1.165) is 18.8 Å². The molecule has 1 amide bonds. The highest BCUT2D eigenvalue weighted by molar-refractivity contribution is 5.76. The van der Waals surface area contributed by atoms with Gasteiger partial charge in [0, 0.05) is 44.0 Å². The van der Waals surface area contributed by atoms with Gasteiger partial charge >= 0.3 is 0 Å². The smallest absolute Gasteiger partial charge is 0.224 e. The number of hydrogen-bond acceptors (Lipinski definition) is 4. The molecule has 0 radical (unpaired) electrons. The topological polar surface area (TPSA) is 54.5 Å². The van der Waals surface area contributed by atoms with E-state index in [2.05, 4.69) is 10.3 Å². The molecular weight excluding hydrogens is 230 g/mol. The summed E-state index contributed by atoms with van der Waals surface area (Å²) in [5, 5.41) is 3.19. The maximum Gasteiger partial charge on any atom is 0.224 e. The molecule has 0 unspecified atom stereocenters. The molecule has 5 nitrogen and oxygen atoms in total. The molecule has 0 saturated carbocycles. The molecule has 0 spiro atoms. The van der Waals surface area contributed by atoms with Gasteiger partial charge in [0.05, 0.1) is 7.11 Å². The summed E-state index contributed by atoms with van der Waals surface area (Å²) in [4.78, 5) is 17.6. The van der Waals surface area contributed by atoms with Crippen molar-refractivity contribution in [3.63, 3.8) is 0 Å². The summed E-state index contributed by atoms with van der Waals surface area (Å²) >= 11 is 0. The normalized spacial score (nSPS) is 9.94. The van der Waals surface area contributed by atoms with Gasteiger partial charge in [0.25, 0.3) is 0 Å². The summed E-state index contributed by atoms with van der Waals surface area (Å²) in [5.74, 6) is 0.739. The van der Waals surface area contributed by atoms with Crippen molar-refractivity contribution in [2.75, 3.05) is 32.1 Å². The number of pyridine rings is 1. The van der Waals surface area contributed by atoms with Crippen LogP contribution in [0.25, 0.3) is 0 Å². The summed E-state index contributed by atoms with van der Waals surface area (Å²) in [7, 11) is 1.58. The van der Waals surface area contributed by atoms with E-state index >= 15 is 0 Å². The van der Waals surface area contributed by atoms with Crippen molar-refractivity contribution >= 4 is 11.6 Å². The molecular formula is C13H21N3O2. The van der Waals surface area contributed by atoms with Crippen LogP contribution < -0.4 is 10.1 Å². The average Bonchev–Trinajstić information content (AvgIpc) is 2.40. The zero-order chi connectivity index (χ0) is 13.4. The van der Waals surface area contributed by atoms with Gasteiger partial charge < -0.3 is 15.0 Å². The maximum atomic E-state index is 11.8. The zero-order valence-corrected chi connectivity index (χ0v) is 11.3. The van der Waals surface area contributed by atoms with Crippen LogP contribution in [0.2, 0.25) is 0 Å². The van der Waals surface area contributed by atoms with Crippen LogP contribution in [0.1, 0.15) is 20.3 Å². The van der Waals surface area contributed by atoms with E-state index in [0.29, 0.717) is 18.8 Å². The Morgan fingerprint density at radius 3 is 2.78 bits per heavy atom. The van der Waals surface area contributed by atoms with Crippen LogP contribution in [0.5, 0.6) is 5.88 Å². The van der Waals surface area contributed by atoms with Crippen LogP contribution in [0.15, 0.2) is 18.3 Å². The van der Waals surface area contributed by atoms with Gasteiger partial charge in [-0.15, -0.1) is 0 Å². The van der Waals surface area contributed by atoms with E-state index in [4.69, 9.17) is 4.74 Å². The number of ether oxygens (including phenoxy) is 1. The van der Waals surface area contributed by atoms with Crippen LogP contribution in [0, 0.1) is 0 Å². The minimum Gasteiger partial charge on any atom is -0.481 e. The van der Waals surface area contributed by atoms with Crippen molar-refractivity contribution in [1.82, 2.24) is 9.88 Å². The summed E-state index contributed by atoms with van der Waals surface area (Å²) < 4.78 is 5.03. The number of carbonyl (C=O) groups excluding carboxylic acids is 1. The third-order valence-corrected chi connectivity index (χ3v) is 2.73. The van der Waals surface area contributed by atoms with Crippen LogP contribution in [-0.4, -0.2) is 42.5 Å². The SMILES string of the molecule is CCN(CC)C(=O)CCNc1ccnc(OC)c1. The standard InChI is InChI=1S/C13H21N3O2/c1-4-16(5-2)13(17)7-9-14-11-6-8-15-12(10-11)18-3/h6,8,10H,4-5,7,9H2,1-3H3,(H,14,15).